The van der Waals surface area contributed by atoms with Crippen molar-refractivity contribution in [3.63, 3.8) is 0 Å². The Bertz CT molecular complexity index is 355. The third-order valence-corrected chi connectivity index (χ3v) is 6.18. The summed E-state index contributed by atoms with van der Waals surface area (Å²) < 4.78 is 5.92. The van der Waals surface area contributed by atoms with Gasteiger partial charge in [-0.3, -0.25) is 4.90 Å². The van der Waals surface area contributed by atoms with E-state index < -0.39 is 0 Å². The molecule has 4 unspecified atom stereocenters. The second-order valence-corrected chi connectivity index (χ2v) is 8.18. The van der Waals surface area contributed by atoms with Crippen molar-refractivity contribution in [1.29, 1.82) is 0 Å². The van der Waals surface area contributed by atoms with Crippen LogP contribution in [0.2, 0.25) is 0 Å². The fourth-order valence-electron chi connectivity index (χ4n) is 4.57. The molecule has 1 saturated carbocycles. The summed E-state index contributed by atoms with van der Waals surface area (Å²) in [4.78, 5) is 2.81. The number of hydrogen-bond donors (Lipinski definition) is 1. The van der Waals surface area contributed by atoms with Crippen molar-refractivity contribution in [2.24, 2.45) is 17.8 Å². The van der Waals surface area contributed by atoms with Crippen molar-refractivity contribution >= 4 is 0 Å². The van der Waals surface area contributed by atoms with Crippen LogP contribution in [-0.4, -0.2) is 48.8 Å². The van der Waals surface area contributed by atoms with Gasteiger partial charge in [0.1, 0.15) is 0 Å². The molecule has 0 aromatic carbocycles. The van der Waals surface area contributed by atoms with E-state index in [2.05, 4.69) is 37.9 Å². The minimum absolute atomic E-state index is 0.354. The van der Waals surface area contributed by atoms with E-state index in [-0.39, 0.29) is 0 Å². The molecule has 0 aromatic heterocycles. The van der Waals surface area contributed by atoms with Crippen LogP contribution in [0, 0.1) is 17.8 Å². The predicted octanol–water partition coefficient (Wildman–Crippen LogP) is 2.90. The highest BCUT2D eigenvalue weighted by Crippen LogP contribution is 2.42. The number of piperazine rings is 1. The van der Waals surface area contributed by atoms with E-state index >= 15 is 0 Å². The van der Waals surface area contributed by atoms with Crippen LogP contribution in [-0.2, 0) is 4.74 Å². The van der Waals surface area contributed by atoms with Crippen molar-refractivity contribution in [2.45, 2.75) is 71.1 Å². The zero-order valence-electron chi connectivity index (χ0n) is 14.4. The number of hydrogen-bond acceptors (Lipinski definition) is 3. The summed E-state index contributed by atoms with van der Waals surface area (Å²) in [6.07, 6.45) is 5.78. The third kappa shape index (κ3) is 3.30. The van der Waals surface area contributed by atoms with Gasteiger partial charge in [0.05, 0.1) is 6.10 Å². The molecule has 3 rings (SSSR count). The largest absolute Gasteiger partial charge is 0.378 e. The molecular formula is C18H34N2O. The Balaban J connectivity index is 1.68. The Morgan fingerprint density at radius 3 is 2.67 bits per heavy atom. The molecule has 21 heavy (non-hydrogen) atoms. The van der Waals surface area contributed by atoms with Crippen molar-refractivity contribution in [3.8, 4) is 0 Å². The lowest BCUT2D eigenvalue weighted by molar-refractivity contribution is 0.0212. The van der Waals surface area contributed by atoms with Gasteiger partial charge in [-0.25, -0.2) is 0 Å². The van der Waals surface area contributed by atoms with Gasteiger partial charge in [0, 0.05) is 37.8 Å². The first-order valence-electron chi connectivity index (χ1n) is 9.14. The minimum atomic E-state index is 0.354. The summed E-state index contributed by atoms with van der Waals surface area (Å²) in [5.74, 6) is 2.39. The fraction of sp³-hybridized carbons (Fsp3) is 1.00. The Kier molecular flexibility index (Phi) is 4.63. The first kappa shape index (κ1) is 15.8. The summed E-state index contributed by atoms with van der Waals surface area (Å²) in [5, 5.41) is 3.90. The van der Waals surface area contributed by atoms with Gasteiger partial charge < -0.3 is 10.1 Å². The average Bonchev–Trinajstić information content (AvgIpc) is 3.21. The summed E-state index contributed by atoms with van der Waals surface area (Å²) in [6.45, 7) is 14.1. The number of rotatable bonds is 5. The molecule has 0 bridgehead atoms. The van der Waals surface area contributed by atoms with E-state index in [1.807, 2.05) is 0 Å². The first-order valence-corrected chi connectivity index (χ1v) is 9.14. The smallest absolute Gasteiger partial charge is 0.0613 e. The van der Waals surface area contributed by atoms with E-state index in [1.54, 1.807) is 0 Å². The molecule has 2 saturated heterocycles. The third-order valence-electron chi connectivity index (χ3n) is 6.18. The zero-order valence-corrected chi connectivity index (χ0v) is 14.4. The standard InChI is InChI=1S/C18H34N2O/c1-5-17-14(8-9-21-17)11-20-12-18(4,15-6-7-15)19-10-16(20)13(2)3/h13-17,19H,5-12H2,1-4H3. The van der Waals surface area contributed by atoms with E-state index in [4.69, 9.17) is 4.74 Å². The second-order valence-electron chi connectivity index (χ2n) is 8.18. The molecule has 3 aliphatic rings. The van der Waals surface area contributed by atoms with Crippen molar-refractivity contribution in [3.05, 3.63) is 0 Å². The normalized spacial score (nSPS) is 41.9. The molecule has 3 fully saturated rings. The molecule has 0 aromatic rings. The molecule has 4 atom stereocenters. The van der Waals surface area contributed by atoms with E-state index in [0.29, 0.717) is 17.7 Å². The summed E-state index contributed by atoms with van der Waals surface area (Å²) in [7, 11) is 0. The maximum absolute atomic E-state index is 5.92. The van der Waals surface area contributed by atoms with Crippen LogP contribution in [0.1, 0.15) is 53.4 Å². The maximum Gasteiger partial charge on any atom is 0.0613 e. The molecule has 1 N–H and O–H groups in total. The lowest BCUT2D eigenvalue weighted by Gasteiger charge is -2.49. The lowest BCUT2D eigenvalue weighted by atomic mass is 9.86. The van der Waals surface area contributed by atoms with Crippen LogP contribution in [0.5, 0.6) is 0 Å². The van der Waals surface area contributed by atoms with E-state index in [9.17, 15) is 0 Å². The molecule has 0 amide bonds. The Hall–Kier alpha value is -0.120. The Morgan fingerprint density at radius 2 is 2.05 bits per heavy atom. The molecular weight excluding hydrogens is 260 g/mol. The molecule has 0 radical (unpaired) electrons. The zero-order chi connectivity index (χ0) is 15.0. The maximum atomic E-state index is 5.92. The van der Waals surface area contributed by atoms with Crippen LogP contribution in [0.4, 0.5) is 0 Å². The van der Waals surface area contributed by atoms with E-state index in [1.165, 1.54) is 38.8 Å². The second kappa shape index (κ2) is 6.17. The highest BCUT2D eigenvalue weighted by Gasteiger charge is 2.47. The van der Waals surface area contributed by atoms with Crippen molar-refractivity contribution in [1.82, 2.24) is 10.2 Å². The summed E-state index contributed by atoms with van der Waals surface area (Å²) in [5.41, 5.74) is 0.354. The predicted molar refractivity (Wildman–Crippen MR) is 87.5 cm³/mol. The van der Waals surface area contributed by atoms with Gasteiger partial charge in [-0.05, 0) is 50.4 Å². The van der Waals surface area contributed by atoms with Crippen LogP contribution in [0.25, 0.3) is 0 Å². The molecule has 2 heterocycles. The highest BCUT2D eigenvalue weighted by molar-refractivity contribution is 5.05. The van der Waals surface area contributed by atoms with Gasteiger partial charge in [-0.15, -0.1) is 0 Å². The molecule has 1 aliphatic carbocycles. The topological polar surface area (TPSA) is 24.5 Å². The lowest BCUT2D eigenvalue weighted by Crippen LogP contribution is -2.65. The van der Waals surface area contributed by atoms with Crippen LogP contribution < -0.4 is 5.32 Å². The summed E-state index contributed by atoms with van der Waals surface area (Å²) >= 11 is 0. The Morgan fingerprint density at radius 1 is 1.29 bits per heavy atom. The highest BCUT2D eigenvalue weighted by atomic mass is 16.5. The van der Waals surface area contributed by atoms with Crippen LogP contribution >= 0.6 is 0 Å². The van der Waals surface area contributed by atoms with Gasteiger partial charge in [0.2, 0.25) is 0 Å². The fourth-order valence-corrected chi connectivity index (χ4v) is 4.57. The molecule has 3 nitrogen and oxygen atoms in total. The van der Waals surface area contributed by atoms with Crippen LogP contribution in [0.15, 0.2) is 0 Å². The quantitative estimate of drug-likeness (QED) is 0.844. The van der Waals surface area contributed by atoms with E-state index in [0.717, 1.165) is 30.9 Å². The molecule has 0 spiro atoms. The minimum Gasteiger partial charge on any atom is -0.378 e. The average molecular weight is 294 g/mol. The number of ether oxygens (including phenoxy) is 1. The number of nitrogens with zero attached hydrogens (tertiary/aromatic N) is 1. The monoisotopic (exact) mass is 294 g/mol. The van der Waals surface area contributed by atoms with Gasteiger partial charge in [-0.2, -0.15) is 0 Å². The summed E-state index contributed by atoms with van der Waals surface area (Å²) in [6, 6.07) is 0.690. The van der Waals surface area contributed by atoms with Crippen molar-refractivity contribution < 1.29 is 4.74 Å². The van der Waals surface area contributed by atoms with Crippen molar-refractivity contribution in [2.75, 3.05) is 26.2 Å². The van der Waals surface area contributed by atoms with Gasteiger partial charge in [0.25, 0.3) is 0 Å². The molecule has 3 heteroatoms. The van der Waals surface area contributed by atoms with Gasteiger partial charge in [0.15, 0.2) is 0 Å². The SMILES string of the molecule is CCC1OCCC1CN1CC(C)(C2CC2)NCC1C(C)C. The first-order chi connectivity index (χ1) is 10.0. The molecule has 2 aliphatic heterocycles. The molecule has 122 valence electrons. The number of nitrogens with one attached hydrogen (secondary N) is 1. The van der Waals surface area contributed by atoms with Gasteiger partial charge >= 0.3 is 0 Å². The van der Waals surface area contributed by atoms with Crippen LogP contribution in [0.3, 0.4) is 0 Å². The Labute approximate surface area is 130 Å². The van der Waals surface area contributed by atoms with Gasteiger partial charge in [-0.1, -0.05) is 20.8 Å².